The minimum absolute atomic E-state index is 0.272. The van der Waals surface area contributed by atoms with E-state index >= 15 is 0 Å². The van der Waals surface area contributed by atoms with Crippen molar-refractivity contribution in [3.63, 3.8) is 0 Å². The summed E-state index contributed by atoms with van der Waals surface area (Å²) in [6.07, 6.45) is 0.695. The van der Waals surface area contributed by atoms with Gasteiger partial charge in [-0.3, -0.25) is 4.79 Å². The van der Waals surface area contributed by atoms with Crippen LogP contribution in [0.4, 0.5) is 11.4 Å². The minimum Gasteiger partial charge on any atom is -0.487 e. The van der Waals surface area contributed by atoms with E-state index in [4.69, 9.17) is 47.4 Å². The number of azo groups is 1. The maximum atomic E-state index is 11.9. The van der Waals surface area contributed by atoms with Gasteiger partial charge in [-0.1, -0.05) is 0 Å². The van der Waals surface area contributed by atoms with Crippen LogP contribution in [0.2, 0.25) is 0 Å². The molecule has 0 atom stereocenters. The summed E-state index contributed by atoms with van der Waals surface area (Å²) in [5.74, 6) is 1.84. The number of carbonyl (C=O) groups is 1. The Morgan fingerprint density at radius 3 is 1.33 bits per heavy atom. The van der Waals surface area contributed by atoms with Crippen molar-refractivity contribution in [3.8, 4) is 23.0 Å². The van der Waals surface area contributed by atoms with Crippen LogP contribution in [0.25, 0.3) is 0 Å². The maximum absolute atomic E-state index is 11.9. The molecule has 0 saturated carbocycles. The molecule has 13 nitrogen and oxygen atoms in total. The minimum atomic E-state index is 0.272. The molecule has 230 valence electrons. The molecule has 0 fully saturated rings. The molecule has 2 aromatic rings. The summed E-state index contributed by atoms with van der Waals surface area (Å²) < 4.78 is 56.5. The Kier molecular flexibility index (Phi) is 14.3. The molecule has 0 radical (unpaired) electrons. The van der Waals surface area contributed by atoms with Crippen molar-refractivity contribution < 1.29 is 52.2 Å². The van der Waals surface area contributed by atoms with E-state index in [9.17, 15) is 4.79 Å². The third kappa shape index (κ3) is 11.2. The Balaban J connectivity index is 1.49. The number of hydrogen-bond acceptors (Lipinski definition) is 13. The highest BCUT2D eigenvalue weighted by molar-refractivity contribution is 5.84. The third-order valence-electron chi connectivity index (χ3n) is 5.85. The van der Waals surface area contributed by atoms with E-state index in [2.05, 4.69) is 10.2 Å². The topological polar surface area (TPSA) is 134 Å². The number of aldehydes is 1. The lowest BCUT2D eigenvalue weighted by Crippen LogP contribution is -2.13. The van der Waals surface area contributed by atoms with Gasteiger partial charge in [0.25, 0.3) is 0 Å². The zero-order chi connectivity index (χ0) is 29.1. The number of nitrogens with zero attached hydrogens (tertiary/aromatic N) is 2. The van der Waals surface area contributed by atoms with E-state index in [1.54, 1.807) is 30.3 Å². The van der Waals surface area contributed by atoms with Crippen LogP contribution in [0, 0.1) is 0 Å². The summed E-state index contributed by atoms with van der Waals surface area (Å²) in [7, 11) is 0. The highest BCUT2D eigenvalue weighted by atomic mass is 16.6. The Labute approximate surface area is 244 Å². The molecule has 42 heavy (non-hydrogen) atoms. The van der Waals surface area contributed by atoms with Crippen molar-refractivity contribution in [2.24, 2.45) is 10.2 Å². The Morgan fingerprint density at radius 2 is 0.857 bits per heavy atom. The summed E-state index contributed by atoms with van der Waals surface area (Å²) in [6, 6.07) is 8.40. The molecule has 2 aliphatic rings. The van der Waals surface area contributed by atoms with Crippen LogP contribution in [0.1, 0.15) is 10.4 Å². The number of carbonyl (C=O) groups excluding carboxylic acids is 1. The molecule has 2 heterocycles. The third-order valence-corrected chi connectivity index (χ3v) is 5.85. The van der Waals surface area contributed by atoms with E-state index in [0.29, 0.717) is 139 Å². The Bertz CT molecular complexity index is 1120. The predicted octanol–water partition coefficient (Wildman–Crippen LogP) is 3.56. The molecule has 4 rings (SSSR count). The molecule has 0 N–H and O–H groups in total. The largest absolute Gasteiger partial charge is 0.487 e. The zero-order valence-electron chi connectivity index (χ0n) is 23.7. The first-order valence-electron chi connectivity index (χ1n) is 14.0. The van der Waals surface area contributed by atoms with Crippen molar-refractivity contribution in [1.29, 1.82) is 0 Å². The van der Waals surface area contributed by atoms with Crippen LogP contribution in [0.3, 0.4) is 0 Å². The van der Waals surface area contributed by atoms with Gasteiger partial charge < -0.3 is 47.4 Å². The van der Waals surface area contributed by atoms with Crippen LogP contribution in [0.5, 0.6) is 23.0 Å². The molecular weight excluding hydrogens is 552 g/mol. The highest BCUT2D eigenvalue weighted by Crippen LogP contribution is 2.37. The molecule has 0 saturated heterocycles. The number of rotatable bonds is 3. The molecular formula is C29H38N2O11. The molecule has 0 unspecified atom stereocenters. The SMILES string of the molecule is O=Cc1cc2c(cc1N=Nc1ccc3c(c1)OCCOCCOCCOCCO3)OCCOCCOCCOCCO2. The summed E-state index contributed by atoms with van der Waals surface area (Å²) in [4.78, 5) is 11.9. The molecule has 0 spiro atoms. The van der Waals surface area contributed by atoms with Gasteiger partial charge in [-0.2, -0.15) is 5.11 Å². The Morgan fingerprint density at radius 1 is 0.452 bits per heavy atom. The molecule has 0 amide bonds. The van der Waals surface area contributed by atoms with E-state index in [0.717, 1.165) is 0 Å². The number of ether oxygens (including phenoxy) is 10. The normalized spacial score (nSPS) is 19.0. The van der Waals surface area contributed by atoms with E-state index in [-0.39, 0.29) is 13.2 Å². The lowest BCUT2D eigenvalue weighted by molar-refractivity contribution is 0.00708. The van der Waals surface area contributed by atoms with Gasteiger partial charge in [0, 0.05) is 17.7 Å². The Hall–Kier alpha value is -3.33. The van der Waals surface area contributed by atoms with Crippen molar-refractivity contribution in [2.75, 3.05) is 106 Å². The average Bonchev–Trinajstić information content (AvgIpc) is 3.02. The monoisotopic (exact) mass is 590 g/mol. The number of fused-ring (bicyclic) bond motifs is 2. The molecule has 2 aliphatic heterocycles. The lowest BCUT2D eigenvalue weighted by atomic mass is 10.1. The van der Waals surface area contributed by atoms with Gasteiger partial charge in [-0.15, -0.1) is 5.11 Å². The van der Waals surface area contributed by atoms with E-state index in [1.807, 2.05) is 0 Å². The molecule has 0 aromatic heterocycles. The first-order valence-corrected chi connectivity index (χ1v) is 14.0. The standard InChI is InChI=1S/C29H38N2O11/c32-22-23-19-27-29(42-18-14-38-10-6-34-4-8-36-12-16-40-27)21-25(23)31-30-24-1-2-26-28(20-24)41-17-13-37-9-5-33-3-7-35-11-15-39-26/h1-2,19-22H,3-18H2. The number of hydrogen-bond donors (Lipinski definition) is 0. The second kappa shape index (κ2) is 19.0. The van der Waals surface area contributed by atoms with Gasteiger partial charge in [0.2, 0.25) is 0 Å². The van der Waals surface area contributed by atoms with E-state index < -0.39 is 0 Å². The summed E-state index contributed by atoms with van der Waals surface area (Å²) in [6.45, 7) is 6.48. The number of benzene rings is 2. The summed E-state index contributed by atoms with van der Waals surface area (Å²) in [5, 5.41) is 8.69. The van der Waals surface area contributed by atoms with Crippen LogP contribution in [0.15, 0.2) is 40.6 Å². The predicted molar refractivity (Wildman–Crippen MR) is 149 cm³/mol. The second-order valence-electron chi connectivity index (χ2n) is 8.87. The lowest BCUT2D eigenvalue weighted by Gasteiger charge is -2.14. The van der Waals surface area contributed by atoms with Crippen molar-refractivity contribution in [1.82, 2.24) is 0 Å². The first-order chi connectivity index (χ1) is 20.8. The summed E-state index contributed by atoms with van der Waals surface area (Å²) >= 11 is 0. The van der Waals surface area contributed by atoms with E-state index in [1.165, 1.54) is 0 Å². The van der Waals surface area contributed by atoms with Gasteiger partial charge in [-0.05, 0) is 18.2 Å². The van der Waals surface area contributed by atoms with Gasteiger partial charge in [0.05, 0.1) is 85.0 Å². The smallest absolute Gasteiger partial charge is 0.163 e. The highest BCUT2D eigenvalue weighted by Gasteiger charge is 2.14. The second-order valence-corrected chi connectivity index (χ2v) is 8.87. The average molecular weight is 591 g/mol. The zero-order valence-corrected chi connectivity index (χ0v) is 23.7. The van der Waals surface area contributed by atoms with Crippen LogP contribution in [-0.4, -0.2) is 112 Å². The fourth-order valence-electron chi connectivity index (χ4n) is 3.80. The van der Waals surface area contributed by atoms with Crippen molar-refractivity contribution in [2.45, 2.75) is 0 Å². The maximum Gasteiger partial charge on any atom is 0.163 e. The van der Waals surface area contributed by atoms with Gasteiger partial charge in [0.1, 0.15) is 32.1 Å². The quantitative estimate of drug-likeness (QED) is 0.384. The molecule has 13 heteroatoms. The molecule has 0 bridgehead atoms. The fourth-order valence-corrected chi connectivity index (χ4v) is 3.80. The van der Waals surface area contributed by atoms with Crippen LogP contribution in [-0.2, 0) is 28.4 Å². The van der Waals surface area contributed by atoms with Crippen LogP contribution < -0.4 is 18.9 Å². The van der Waals surface area contributed by atoms with Crippen molar-refractivity contribution >= 4 is 17.7 Å². The summed E-state index contributed by atoms with van der Waals surface area (Å²) in [5.41, 5.74) is 1.11. The first kappa shape index (κ1) is 31.6. The van der Waals surface area contributed by atoms with Crippen molar-refractivity contribution in [3.05, 3.63) is 35.9 Å². The van der Waals surface area contributed by atoms with Crippen LogP contribution >= 0.6 is 0 Å². The fraction of sp³-hybridized carbons (Fsp3) is 0.552. The van der Waals surface area contributed by atoms with Gasteiger partial charge in [0.15, 0.2) is 29.3 Å². The molecule has 2 aromatic carbocycles. The van der Waals surface area contributed by atoms with Gasteiger partial charge >= 0.3 is 0 Å². The molecule has 0 aliphatic carbocycles. The van der Waals surface area contributed by atoms with Gasteiger partial charge in [-0.25, -0.2) is 0 Å².